The number of halogens is 1. The average Bonchev–Trinajstić information content (AvgIpc) is 2.44. The molecule has 1 unspecified atom stereocenters. The molecule has 0 fully saturated rings. The van der Waals surface area contributed by atoms with Gasteiger partial charge in [0.1, 0.15) is 5.75 Å². The zero-order chi connectivity index (χ0) is 15.1. The number of nitrogens with two attached hydrogens (primary N) is 1. The molecule has 0 radical (unpaired) electrons. The summed E-state index contributed by atoms with van der Waals surface area (Å²) in [5.41, 5.74) is 6.15. The van der Waals surface area contributed by atoms with Gasteiger partial charge in [0.05, 0.1) is 17.5 Å². The Morgan fingerprint density at radius 3 is 2.80 bits per heavy atom. The quantitative estimate of drug-likeness (QED) is 0.320. The van der Waals surface area contributed by atoms with E-state index in [9.17, 15) is 4.79 Å². The Morgan fingerprint density at radius 1 is 1.60 bits per heavy atom. The van der Waals surface area contributed by atoms with Gasteiger partial charge in [-0.15, -0.1) is 0 Å². The Balaban J connectivity index is 2.85. The number of methoxy groups -OCH3 is 1. The van der Waals surface area contributed by atoms with Crippen LogP contribution in [0.25, 0.3) is 0 Å². The lowest BCUT2D eigenvalue weighted by Crippen LogP contribution is -2.34. The van der Waals surface area contributed by atoms with E-state index in [2.05, 4.69) is 26.4 Å². The number of rotatable bonds is 6. The topological polar surface area (TPSA) is 96.9 Å². The first-order valence-corrected chi connectivity index (χ1v) is 6.94. The van der Waals surface area contributed by atoms with Crippen LogP contribution in [0.15, 0.2) is 27.8 Å². The number of nitrogens with one attached hydrogen (secondary N) is 1. The lowest BCUT2D eigenvalue weighted by atomic mass is 10.0. The number of ether oxygens (including phenoxy) is 1. The standard InChI is InChI=1S/C13H18BrN3O3/c1-3-4-9(12(15)17-19)13(18)16-8-5-6-11(20-2)10(14)7-8/h5-7,9,19H,3-4H2,1-2H3,(H2,15,17)(H,16,18). The Kier molecular flexibility index (Phi) is 6.30. The molecule has 7 heteroatoms. The molecule has 0 bridgehead atoms. The molecular formula is C13H18BrN3O3. The highest BCUT2D eigenvalue weighted by Crippen LogP contribution is 2.28. The molecule has 1 rings (SSSR count). The van der Waals surface area contributed by atoms with E-state index in [4.69, 9.17) is 15.7 Å². The molecule has 0 aliphatic carbocycles. The summed E-state index contributed by atoms with van der Waals surface area (Å²) < 4.78 is 5.85. The summed E-state index contributed by atoms with van der Waals surface area (Å²) >= 11 is 3.34. The Hall–Kier alpha value is -1.76. The zero-order valence-corrected chi connectivity index (χ0v) is 13.0. The fourth-order valence-corrected chi connectivity index (χ4v) is 2.29. The number of amidine groups is 1. The molecule has 0 heterocycles. The minimum Gasteiger partial charge on any atom is -0.496 e. The van der Waals surface area contributed by atoms with Crippen molar-refractivity contribution >= 4 is 33.4 Å². The number of hydrogen-bond acceptors (Lipinski definition) is 4. The van der Waals surface area contributed by atoms with Gasteiger partial charge in [0.2, 0.25) is 5.91 Å². The van der Waals surface area contributed by atoms with Crippen LogP contribution in [0.4, 0.5) is 5.69 Å². The third kappa shape index (κ3) is 4.12. The van der Waals surface area contributed by atoms with Gasteiger partial charge in [0.15, 0.2) is 5.84 Å². The van der Waals surface area contributed by atoms with E-state index in [1.54, 1.807) is 25.3 Å². The van der Waals surface area contributed by atoms with Gasteiger partial charge in [0.25, 0.3) is 0 Å². The molecule has 0 spiro atoms. The minimum absolute atomic E-state index is 0.0862. The summed E-state index contributed by atoms with van der Waals surface area (Å²) in [7, 11) is 1.56. The lowest BCUT2D eigenvalue weighted by Gasteiger charge is -2.15. The molecule has 0 aliphatic heterocycles. The van der Waals surface area contributed by atoms with Crippen LogP contribution in [-0.4, -0.2) is 24.1 Å². The molecule has 1 amide bonds. The van der Waals surface area contributed by atoms with Crippen LogP contribution in [0.5, 0.6) is 5.75 Å². The van der Waals surface area contributed by atoms with E-state index >= 15 is 0 Å². The molecule has 110 valence electrons. The fourth-order valence-electron chi connectivity index (χ4n) is 1.75. The molecular weight excluding hydrogens is 326 g/mol. The summed E-state index contributed by atoms with van der Waals surface area (Å²) in [5.74, 6) is -0.369. The molecule has 4 N–H and O–H groups in total. The molecule has 0 saturated heterocycles. The van der Waals surface area contributed by atoms with Gasteiger partial charge in [-0.1, -0.05) is 18.5 Å². The van der Waals surface area contributed by atoms with Crippen LogP contribution >= 0.6 is 15.9 Å². The smallest absolute Gasteiger partial charge is 0.235 e. The number of nitrogens with zero attached hydrogens (tertiary/aromatic N) is 1. The number of anilines is 1. The monoisotopic (exact) mass is 343 g/mol. The van der Waals surface area contributed by atoms with Crippen molar-refractivity contribution in [3.8, 4) is 5.75 Å². The Morgan fingerprint density at radius 2 is 2.30 bits per heavy atom. The number of benzene rings is 1. The number of amides is 1. The van der Waals surface area contributed by atoms with Gasteiger partial charge in [-0.05, 0) is 40.5 Å². The van der Waals surface area contributed by atoms with Crippen molar-refractivity contribution in [3.05, 3.63) is 22.7 Å². The summed E-state index contributed by atoms with van der Waals surface area (Å²) in [5, 5.41) is 14.4. The molecule has 1 aromatic carbocycles. The van der Waals surface area contributed by atoms with E-state index in [-0.39, 0.29) is 11.7 Å². The van der Waals surface area contributed by atoms with Crippen molar-refractivity contribution in [1.29, 1.82) is 0 Å². The van der Waals surface area contributed by atoms with Gasteiger partial charge >= 0.3 is 0 Å². The van der Waals surface area contributed by atoms with Crippen molar-refractivity contribution in [2.75, 3.05) is 12.4 Å². The summed E-state index contributed by atoms with van der Waals surface area (Å²) in [4.78, 5) is 12.1. The van der Waals surface area contributed by atoms with E-state index in [1.807, 2.05) is 6.92 Å². The maximum Gasteiger partial charge on any atom is 0.235 e. The predicted octanol–water partition coefficient (Wildman–Crippen LogP) is 2.56. The Labute approximate surface area is 126 Å². The van der Waals surface area contributed by atoms with Crippen molar-refractivity contribution in [1.82, 2.24) is 0 Å². The maximum absolute atomic E-state index is 12.1. The molecule has 6 nitrogen and oxygen atoms in total. The summed E-state index contributed by atoms with van der Waals surface area (Å²) in [6.45, 7) is 1.93. The third-order valence-corrected chi connectivity index (χ3v) is 3.41. The normalized spacial score (nSPS) is 12.8. The molecule has 1 aromatic rings. The lowest BCUT2D eigenvalue weighted by molar-refractivity contribution is -0.118. The summed E-state index contributed by atoms with van der Waals surface area (Å²) in [6, 6.07) is 5.18. The second kappa shape index (κ2) is 7.74. The van der Waals surface area contributed by atoms with Crippen LogP contribution in [0.2, 0.25) is 0 Å². The van der Waals surface area contributed by atoms with E-state index < -0.39 is 5.92 Å². The van der Waals surface area contributed by atoms with E-state index in [1.165, 1.54) is 0 Å². The first kappa shape index (κ1) is 16.3. The predicted molar refractivity (Wildman–Crippen MR) is 81.1 cm³/mol. The van der Waals surface area contributed by atoms with Crippen molar-refractivity contribution < 1.29 is 14.7 Å². The van der Waals surface area contributed by atoms with Gasteiger partial charge < -0.3 is 21.0 Å². The van der Waals surface area contributed by atoms with Crippen LogP contribution in [0.1, 0.15) is 19.8 Å². The van der Waals surface area contributed by atoms with Crippen molar-refractivity contribution in [2.24, 2.45) is 16.8 Å². The van der Waals surface area contributed by atoms with Gasteiger partial charge in [-0.3, -0.25) is 4.79 Å². The van der Waals surface area contributed by atoms with E-state index in [0.29, 0.717) is 17.9 Å². The highest BCUT2D eigenvalue weighted by Gasteiger charge is 2.22. The van der Waals surface area contributed by atoms with Gasteiger partial charge in [-0.25, -0.2) is 0 Å². The number of hydrogen-bond donors (Lipinski definition) is 3. The van der Waals surface area contributed by atoms with Crippen LogP contribution in [0, 0.1) is 5.92 Å². The molecule has 0 saturated carbocycles. The van der Waals surface area contributed by atoms with Crippen LogP contribution in [-0.2, 0) is 4.79 Å². The molecule has 20 heavy (non-hydrogen) atoms. The van der Waals surface area contributed by atoms with Crippen LogP contribution < -0.4 is 15.8 Å². The average molecular weight is 344 g/mol. The summed E-state index contributed by atoms with van der Waals surface area (Å²) in [6.07, 6.45) is 1.26. The molecule has 0 aromatic heterocycles. The number of carbonyl (C=O) groups is 1. The third-order valence-electron chi connectivity index (χ3n) is 2.79. The highest BCUT2D eigenvalue weighted by atomic mass is 79.9. The first-order chi connectivity index (χ1) is 9.53. The minimum atomic E-state index is -0.647. The first-order valence-electron chi connectivity index (χ1n) is 6.15. The second-order valence-electron chi connectivity index (χ2n) is 4.20. The largest absolute Gasteiger partial charge is 0.496 e. The van der Waals surface area contributed by atoms with Gasteiger partial charge in [0, 0.05) is 5.69 Å². The number of carbonyl (C=O) groups excluding carboxylic acids is 1. The van der Waals surface area contributed by atoms with Crippen molar-refractivity contribution in [2.45, 2.75) is 19.8 Å². The van der Waals surface area contributed by atoms with Crippen molar-refractivity contribution in [3.63, 3.8) is 0 Å². The van der Waals surface area contributed by atoms with E-state index in [0.717, 1.165) is 10.9 Å². The fraction of sp³-hybridized carbons (Fsp3) is 0.385. The molecule has 1 atom stereocenters. The van der Waals surface area contributed by atoms with Gasteiger partial charge in [-0.2, -0.15) is 0 Å². The number of oxime groups is 1. The highest BCUT2D eigenvalue weighted by molar-refractivity contribution is 9.10. The van der Waals surface area contributed by atoms with Crippen LogP contribution in [0.3, 0.4) is 0 Å². The maximum atomic E-state index is 12.1. The molecule has 0 aliphatic rings. The second-order valence-corrected chi connectivity index (χ2v) is 5.06. The SMILES string of the molecule is CCCC(C(=O)Nc1ccc(OC)c(Br)c1)C(N)=NO. The zero-order valence-electron chi connectivity index (χ0n) is 11.4. The Bertz CT molecular complexity index is 506.